The lowest BCUT2D eigenvalue weighted by atomic mass is 10.1. The maximum atomic E-state index is 13.3. The summed E-state index contributed by atoms with van der Waals surface area (Å²) in [5, 5.41) is 0.674. The Balaban J connectivity index is 2.01. The maximum Gasteiger partial charge on any atom is 0.333 e. The van der Waals surface area contributed by atoms with E-state index in [1.165, 1.54) is 16.6 Å². The fraction of sp³-hybridized carbons (Fsp3) is 0.316. The van der Waals surface area contributed by atoms with Crippen LogP contribution in [0.15, 0.2) is 35.1 Å². The average Bonchev–Trinajstić information content (AvgIpc) is 3.19. The van der Waals surface area contributed by atoms with Gasteiger partial charge in [-0.3, -0.25) is 9.36 Å². The molecule has 0 saturated heterocycles. The summed E-state index contributed by atoms with van der Waals surface area (Å²) in [7, 11) is 1.34. The van der Waals surface area contributed by atoms with Crippen molar-refractivity contribution in [2.75, 3.05) is 7.11 Å². The Labute approximate surface area is 148 Å². The minimum atomic E-state index is -0.826. The molecule has 1 aliphatic carbocycles. The summed E-state index contributed by atoms with van der Waals surface area (Å²) in [6.45, 7) is 1.77. The zero-order valence-electron chi connectivity index (χ0n) is 14.1. The van der Waals surface area contributed by atoms with Gasteiger partial charge in [-0.25, -0.2) is 9.78 Å². The lowest BCUT2D eigenvalue weighted by Gasteiger charge is -2.20. The first-order chi connectivity index (χ1) is 12.1. The molecule has 0 N–H and O–H groups in total. The molecule has 25 heavy (non-hydrogen) atoms. The second-order valence-electron chi connectivity index (χ2n) is 6.21. The number of hydrogen-bond donors (Lipinski definition) is 0. The molecule has 1 atom stereocenters. The van der Waals surface area contributed by atoms with Crippen molar-refractivity contribution in [2.24, 2.45) is 0 Å². The number of hydrogen-bond acceptors (Lipinski definition) is 5. The molecule has 2 heterocycles. The number of thiophene rings is 1. The average molecular weight is 354 g/mol. The molecule has 0 amide bonds. The normalized spacial score (nSPS) is 14.5. The van der Waals surface area contributed by atoms with Gasteiger partial charge < -0.3 is 4.74 Å². The molecule has 128 valence electrons. The van der Waals surface area contributed by atoms with Gasteiger partial charge in [0.05, 0.1) is 12.5 Å². The van der Waals surface area contributed by atoms with E-state index in [0.29, 0.717) is 16.8 Å². The Hall–Kier alpha value is -2.47. The Morgan fingerprint density at radius 3 is 2.76 bits per heavy atom. The Morgan fingerprint density at radius 1 is 1.28 bits per heavy atom. The second-order valence-corrected chi connectivity index (χ2v) is 7.29. The highest BCUT2D eigenvalue weighted by atomic mass is 32.1. The molecule has 0 aliphatic heterocycles. The number of nitrogens with zero attached hydrogens (tertiary/aromatic N) is 2. The summed E-state index contributed by atoms with van der Waals surface area (Å²) in [6, 6.07) is 8.40. The van der Waals surface area contributed by atoms with Gasteiger partial charge in [0, 0.05) is 4.88 Å². The van der Waals surface area contributed by atoms with Crippen LogP contribution in [-0.2, 0) is 22.4 Å². The molecule has 0 spiro atoms. The highest BCUT2D eigenvalue weighted by Gasteiger charge is 2.29. The Morgan fingerprint density at radius 2 is 2.04 bits per heavy atom. The van der Waals surface area contributed by atoms with Crippen LogP contribution in [0, 0.1) is 6.92 Å². The molecule has 6 heteroatoms. The predicted molar refractivity (Wildman–Crippen MR) is 97.2 cm³/mol. The third-order valence-corrected chi connectivity index (χ3v) is 5.93. The van der Waals surface area contributed by atoms with E-state index >= 15 is 0 Å². The zero-order chi connectivity index (χ0) is 17.6. The fourth-order valence-corrected chi connectivity index (χ4v) is 4.90. The van der Waals surface area contributed by atoms with Crippen LogP contribution in [0.5, 0.6) is 0 Å². The van der Waals surface area contributed by atoms with E-state index < -0.39 is 12.0 Å². The number of rotatable bonds is 3. The SMILES string of the molecule is COC(=O)C(c1ccccc1)n1c(C)nc2sc3c(c2c1=O)CCC3. The van der Waals surface area contributed by atoms with Crippen LogP contribution in [0.3, 0.4) is 0 Å². The smallest absolute Gasteiger partial charge is 0.333 e. The van der Waals surface area contributed by atoms with Crippen molar-refractivity contribution < 1.29 is 9.53 Å². The summed E-state index contributed by atoms with van der Waals surface area (Å²) in [4.78, 5) is 32.5. The number of esters is 1. The number of benzene rings is 1. The molecule has 0 radical (unpaired) electrons. The van der Waals surface area contributed by atoms with E-state index in [9.17, 15) is 9.59 Å². The summed E-state index contributed by atoms with van der Waals surface area (Å²) < 4.78 is 6.47. The molecule has 0 bridgehead atoms. The van der Waals surface area contributed by atoms with E-state index in [1.807, 2.05) is 30.3 Å². The number of ether oxygens (including phenoxy) is 1. The van der Waals surface area contributed by atoms with Gasteiger partial charge in [-0.05, 0) is 37.3 Å². The first-order valence-corrected chi connectivity index (χ1v) is 9.09. The highest BCUT2D eigenvalue weighted by Crippen LogP contribution is 2.35. The molecular formula is C19H18N2O3S. The summed E-state index contributed by atoms with van der Waals surface area (Å²) >= 11 is 1.60. The van der Waals surface area contributed by atoms with Crippen LogP contribution in [0.4, 0.5) is 0 Å². The Kier molecular flexibility index (Phi) is 3.92. The third-order valence-electron chi connectivity index (χ3n) is 4.75. The highest BCUT2D eigenvalue weighted by molar-refractivity contribution is 7.18. The van der Waals surface area contributed by atoms with E-state index in [-0.39, 0.29) is 5.56 Å². The van der Waals surface area contributed by atoms with E-state index in [4.69, 9.17) is 4.74 Å². The lowest BCUT2D eigenvalue weighted by molar-refractivity contribution is -0.143. The van der Waals surface area contributed by atoms with Gasteiger partial charge in [-0.2, -0.15) is 0 Å². The van der Waals surface area contributed by atoms with Crippen LogP contribution >= 0.6 is 11.3 Å². The first kappa shape index (κ1) is 16.0. The van der Waals surface area contributed by atoms with Gasteiger partial charge in [0.1, 0.15) is 10.7 Å². The predicted octanol–water partition coefficient (Wildman–Crippen LogP) is 3.02. The largest absolute Gasteiger partial charge is 0.467 e. The molecule has 3 aromatic rings. The van der Waals surface area contributed by atoms with Crippen LogP contribution < -0.4 is 5.56 Å². The number of carbonyl (C=O) groups excluding carboxylic acids is 1. The van der Waals surface area contributed by atoms with Crippen molar-refractivity contribution >= 4 is 27.5 Å². The summed E-state index contributed by atoms with van der Waals surface area (Å²) in [6.07, 6.45) is 2.99. The molecular weight excluding hydrogens is 336 g/mol. The van der Waals surface area contributed by atoms with E-state index in [0.717, 1.165) is 29.7 Å². The van der Waals surface area contributed by atoms with Gasteiger partial charge in [0.2, 0.25) is 0 Å². The van der Waals surface area contributed by atoms with Crippen molar-refractivity contribution in [3.8, 4) is 0 Å². The molecule has 0 saturated carbocycles. The number of carbonyl (C=O) groups is 1. The topological polar surface area (TPSA) is 61.2 Å². The summed E-state index contributed by atoms with van der Waals surface area (Å²) in [5.41, 5.74) is 1.68. The quantitative estimate of drug-likeness (QED) is 0.679. The molecule has 1 aliphatic rings. The molecule has 4 rings (SSSR count). The minimum Gasteiger partial charge on any atom is -0.467 e. The van der Waals surface area contributed by atoms with Crippen LogP contribution in [0.1, 0.15) is 34.3 Å². The number of methoxy groups -OCH3 is 1. The zero-order valence-corrected chi connectivity index (χ0v) is 14.9. The van der Waals surface area contributed by atoms with Crippen molar-refractivity contribution in [3.05, 3.63) is 62.5 Å². The van der Waals surface area contributed by atoms with Crippen molar-refractivity contribution in [1.82, 2.24) is 9.55 Å². The van der Waals surface area contributed by atoms with Crippen molar-refractivity contribution in [1.29, 1.82) is 0 Å². The van der Waals surface area contributed by atoms with Gasteiger partial charge in [-0.1, -0.05) is 30.3 Å². The van der Waals surface area contributed by atoms with Crippen LogP contribution in [-0.4, -0.2) is 22.6 Å². The minimum absolute atomic E-state index is 0.152. The van der Waals surface area contributed by atoms with Crippen molar-refractivity contribution in [3.63, 3.8) is 0 Å². The number of aryl methyl sites for hydroxylation is 3. The number of fused-ring (bicyclic) bond motifs is 3. The van der Waals surface area contributed by atoms with Gasteiger partial charge >= 0.3 is 5.97 Å². The maximum absolute atomic E-state index is 13.3. The first-order valence-electron chi connectivity index (χ1n) is 8.28. The lowest BCUT2D eigenvalue weighted by Crippen LogP contribution is -2.34. The monoisotopic (exact) mass is 354 g/mol. The summed E-state index contributed by atoms with van der Waals surface area (Å²) in [5.74, 6) is 0.0566. The standard InChI is InChI=1S/C19H18N2O3S/c1-11-20-17-15(13-9-6-10-14(13)25-17)18(22)21(11)16(19(23)24-2)12-7-4-3-5-8-12/h3-5,7-8,16H,6,9-10H2,1-2H3. The fourth-order valence-electron chi connectivity index (χ4n) is 3.60. The van der Waals surface area contributed by atoms with Gasteiger partial charge in [0.25, 0.3) is 5.56 Å². The molecule has 0 fully saturated rings. The molecule has 5 nitrogen and oxygen atoms in total. The Bertz CT molecular complexity index is 1020. The number of aromatic nitrogens is 2. The van der Waals surface area contributed by atoms with Crippen LogP contribution in [0.2, 0.25) is 0 Å². The molecule has 1 aromatic carbocycles. The van der Waals surface area contributed by atoms with Crippen molar-refractivity contribution in [2.45, 2.75) is 32.2 Å². The third kappa shape index (κ3) is 2.48. The van der Waals surface area contributed by atoms with Crippen LogP contribution in [0.25, 0.3) is 10.2 Å². The molecule has 1 unspecified atom stereocenters. The van der Waals surface area contributed by atoms with E-state index in [1.54, 1.807) is 18.3 Å². The van der Waals surface area contributed by atoms with Gasteiger partial charge in [-0.15, -0.1) is 11.3 Å². The van der Waals surface area contributed by atoms with E-state index in [2.05, 4.69) is 4.98 Å². The second kappa shape index (κ2) is 6.11. The molecule has 2 aromatic heterocycles. The van der Waals surface area contributed by atoms with Gasteiger partial charge in [0.15, 0.2) is 6.04 Å².